The average Bonchev–Trinajstić information content (AvgIpc) is 2.20. The normalized spacial score (nSPS) is 12.0. The molecule has 0 saturated heterocycles. The lowest BCUT2D eigenvalue weighted by atomic mass is 10.1. The number of anilines is 1. The fourth-order valence-electron chi connectivity index (χ4n) is 1.11. The first-order valence-electron chi connectivity index (χ1n) is 4.61. The molecule has 7 heteroatoms. The van der Waals surface area contributed by atoms with Crippen LogP contribution in [0.1, 0.15) is 17.3 Å². The Balaban J connectivity index is 3.22. The second-order valence-corrected chi connectivity index (χ2v) is 5.16. The molecule has 1 amide bonds. The minimum absolute atomic E-state index is 0.0137. The Morgan fingerprint density at radius 3 is 2.47 bits per heavy atom. The summed E-state index contributed by atoms with van der Waals surface area (Å²) in [6.07, 6.45) is 0. The Hall–Kier alpha value is -0.920. The van der Waals surface area contributed by atoms with Gasteiger partial charge in [0, 0.05) is 8.95 Å². The molecule has 5 nitrogen and oxygen atoms in total. The first-order valence-corrected chi connectivity index (χ1v) is 6.20. The maximum atomic E-state index is 11.5. The van der Waals surface area contributed by atoms with E-state index in [1.807, 2.05) is 0 Å². The summed E-state index contributed by atoms with van der Waals surface area (Å²) in [6, 6.07) is 2.33. The van der Waals surface area contributed by atoms with Crippen LogP contribution in [-0.4, -0.2) is 23.0 Å². The number of benzene rings is 1. The van der Waals surface area contributed by atoms with E-state index in [-0.39, 0.29) is 11.3 Å². The highest BCUT2D eigenvalue weighted by atomic mass is 79.9. The Bertz CT molecular complexity index is 475. The van der Waals surface area contributed by atoms with Crippen LogP contribution in [0.3, 0.4) is 0 Å². The molecule has 1 unspecified atom stereocenters. The Kier molecular flexibility index (Phi) is 4.67. The van der Waals surface area contributed by atoms with Gasteiger partial charge >= 0.3 is 5.97 Å². The van der Waals surface area contributed by atoms with Crippen molar-refractivity contribution in [2.45, 2.75) is 13.0 Å². The summed E-state index contributed by atoms with van der Waals surface area (Å²) in [5.74, 6) is -1.58. The highest BCUT2D eigenvalue weighted by Crippen LogP contribution is 2.30. The van der Waals surface area contributed by atoms with Gasteiger partial charge in [0.05, 0.1) is 17.3 Å². The summed E-state index contributed by atoms with van der Waals surface area (Å²) in [6.45, 7) is 1.52. The Labute approximate surface area is 115 Å². The molecular weight excluding hydrogens is 356 g/mol. The smallest absolute Gasteiger partial charge is 0.337 e. The Morgan fingerprint density at radius 1 is 1.41 bits per heavy atom. The van der Waals surface area contributed by atoms with Crippen molar-refractivity contribution in [2.24, 2.45) is 5.73 Å². The monoisotopic (exact) mass is 364 g/mol. The van der Waals surface area contributed by atoms with Crippen LogP contribution in [0.4, 0.5) is 5.69 Å². The van der Waals surface area contributed by atoms with Crippen LogP contribution in [0.25, 0.3) is 0 Å². The minimum atomic E-state index is -1.13. The van der Waals surface area contributed by atoms with Crippen LogP contribution >= 0.6 is 31.9 Å². The van der Waals surface area contributed by atoms with E-state index in [4.69, 9.17) is 10.8 Å². The fraction of sp³-hybridized carbons (Fsp3) is 0.200. The van der Waals surface area contributed by atoms with Gasteiger partial charge in [0.25, 0.3) is 0 Å². The van der Waals surface area contributed by atoms with E-state index in [0.29, 0.717) is 8.95 Å². The molecule has 1 aromatic rings. The number of carboxylic acid groups (broad SMARTS) is 1. The first kappa shape index (κ1) is 14.1. The third kappa shape index (κ3) is 3.52. The van der Waals surface area contributed by atoms with Crippen molar-refractivity contribution in [3.63, 3.8) is 0 Å². The molecule has 1 atom stereocenters. The molecule has 0 spiro atoms. The number of hydrogen-bond donors (Lipinski definition) is 3. The molecule has 0 aliphatic rings. The van der Waals surface area contributed by atoms with Gasteiger partial charge in [-0.1, -0.05) is 15.9 Å². The van der Waals surface area contributed by atoms with E-state index in [1.54, 1.807) is 6.07 Å². The van der Waals surface area contributed by atoms with Crippen molar-refractivity contribution in [3.8, 4) is 0 Å². The second-order valence-electron chi connectivity index (χ2n) is 3.39. The zero-order valence-electron chi connectivity index (χ0n) is 8.83. The first-order chi connectivity index (χ1) is 7.82. The van der Waals surface area contributed by atoms with E-state index < -0.39 is 17.9 Å². The van der Waals surface area contributed by atoms with Gasteiger partial charge in [-0.3, -0.25) is 4.79 Å². The summed E-state index contributed by atoms with van der Waals surface area (Å²) >= 11 is 6.37. The van der Waals surface area contributed by atoms with Gasteiger partial charge < -0.3 is 16.2 Å². The number of nitrogens with one attached hydrogen (secondary N) is 1. The number of hydrogen-bond acceptors (Lipinski definition) is 3. The van der Waals surface area contributed by atoms with Crippen molar-refractivity contribution in [1.29, 1.82) is 0 Å². The largest absolute Gasteiger partial charge is 0.478 e. The molecule has 1 rings (SSSR count). The lowest BCUT2D eigenvalue weighted by Crippen LogP contribution is -2.33. The minimum Gasteiger partial charge on any atom is -0.478 e. The zero-order valence-corrected chi connectivity index (χ0v) is 12.0. The topological polar surface area (TPSA) is 92.4 Å². The van der Waals surface area contributed by atoms with Crippen LogP contribution in [-0.2, 0) is 4.79 Å². The summed E-state index contributed by atoms with van der Waals surface area (Å²) in [4.78, 5) is 22.5. The van der Waals surface area contributed by atoms with Gasteiger partial charge in [0.15, 0.2) is 0 Å². The number of amides is 1. The van der Waals surface area contributed by atoms with E-state index in [0.717, 1.165) is 0 Å². The number of aromatic carboxylic acids is 1. The van der Waals surface area contributed by atoms with Gasteiger partial charge in [0.1, 0.15) is 0 Å². The van der Waals surface area contributed by atoms with Gasteiger partial charge in [-0.15, -0.1) is 0 Å². The summed E-state index contributed by atoms with van der Waals surface area (Å²) in [5.41, 5.74) is 5.59. The van der Waals surface area contributed by atoms with E-state index in [2.05, 4.69) is 37.2 Å². The molecule has 1 aromatic carbocycles. The third-order valence-corrected chi connectivity index (χ3v) is 3.03. The van der Waals surface area contributed by atoms with Crippen LogP contribution in [0, 0.1) is 0 Å². The number of nitrogens with two attached hydrogens (primary N) is 1. The van der Waals surface area contributed by atoms with Crippen LogP contribution in [0.15, 0.2) is 21.1 Å². The highest BCUT2D eigenvalue weighted by molar-refractivity contribution is 9.11. The van der Waals surface area contributed by atoms with Crippen molar-refractivity contribution in [3.05, 3.63) is 26.6 Å². The van der Waals surface area contributed by atoms with Crippen molar-refractivity contribution in [1.82, 2.24) is 0 Å². The molecule has 0 fully saturated rings. The lowest BCUT2D eigenvalue weighted by Gasteiger charge is -2.12. The van der Waals surface area contributed by atoms with Gasteiger partial charge in [-0.25, -0.2) is 4.79 Å². The predicted molar refractivity (Wildman–Crippen MR) is 71.1 cm³/mol. The van der Waals surface area contributed by atoms with Crippen LogP contribution in [0.2, 0.25) is 0 Å². The molecule has 92 valence electrons. The lowest BCUT2D eigenvalue weighted by molar-refractivity contribution is -0.117. The number of rotatable bonds is 3. The fourth-order valence-corrected chi connectivity index (χ4v) is 2.43. The summed E-state index contributed by atoms with van der Waals surface area (Å²) < 4.78 is 1.07. The van der Waals surface area contributed by atoms with E-state index >= 15 is 0 Å². The van der Waals surface area contributed by atoms with Crippen LogP contribution < -0.4 is 11.1 Å². The third-order valence-electron chi connectivity index (χ3n) is 1.95. The highest BCUT2D eigenvalue weighted by Gasteiger charge is 2.18. The predicted octanol–water partition coefficient (Wildman–Crippen LogP) is 2.20. The number of carbonyl (C=O) groups excluding carboxylic acids is 1. The molecule has 0 saturated carbocycles. The summed E-state index contributed by atoms with van der Waals surface area (Å²) in [5, 5.41) is 11.5. The molecule has 0 bridgehead atoms. The number of halogens is 2. The Morgan fingerprint density at radius 2 is 2.00 bits per heavy atom. The molecule has 0 aliphatic carbocycles. The van der Waals surface area contributed by atoms with Crippen molar-refractivity contribution >= 4 is 49.4 Å². The number of carboxylic acids is 1. The number of carbonyl (C=O) groups is 2. The van der Waals surface area contributed by atoms with Gasteiger partial charge in [-0.2, -0.15) is 0 Å². The molecule has 0 heterocycles. The molecular formula is C10H10Br2N2O3. The van der Waals surface area contributed by atoms with Crippen molar-refractivity contribution in [2.75, 3.05) is 5.32 Å². The molecule has 0 aromatic heterocycles. The van der Waals surface area contributed by atoms with Crippen molar-refractivity contribution < 1.29 is 14.7 Å². The SMILES string of the molecule is CC(N)C(=O)Nc1c(Br)cc(Br)cc1C(=O)O. The summed E-state index contributed by atoms with van der Waals surface area (Å²) in [7, 11) is 0. The molecule has 17 heavy (non-hydrogen) atoms. The molecule has 4 N–H and O–H groups in total. The van der Waals surface area contributed by atoms with Crippen LogP contribution in [0.5, 0.6) is 0 Å². The quantitative estimate of drug-likeness (QED) is 0.765. The van der Waals surface area contributed by atoms with E-state index in [1.165, 1.54) is 13.0 Å². The second kappa shape index (κ2) is 5.61. The van der Waals surface area contributed by atoms with Gasteiger partial charge in [0.2, 0.25) is 5.91 Å². The van der Waals surface area contributed by atoms with Gasteiger partial charge in [-0.05, 0) is 35.0 Å². The van der Waals surface area contributed by atoms with E-state index in [9.17, 15) is 9.59 Å². The standard InChI is InChI=1S/C10H10Br2N2O3/c1-4(13)9(15)14-8-6(10(16)17)2-5(11)3-7(8)12/h2-4H,13H2,1H3,(H,14,15)(H,16,17). The maximum absolute atomic E-state index is 11.5. The molecule has 0 aliphatic heterocycles. The zero-order chi connectivity index (χ0) is 13.2. The maximum Gasteiger partial charge on any atom is 0.337 e. The molecule has 0 radical (unpaired) electrons. The average molecular weight is 366 g/mol.